The number of aliphatic hydroxyl groups is 1. The van der Waals surface area contributed by atoms with Crippen LogP contribution in [0.1, 0.15) is 19.8 Å². The number of anilines is 2. The van der Waals surface area contributed by atoms with Crippen molar-refractivity contribution in [3.05, 3.63) is 24.3 Å². The smallest absolute Gasteiger partial charge is 0.244 e. The summed E-state index contributed by atoms with van der Waals surface area (Å²) >= 11 is 0. The van der Waals surface area contributed by atoms with Gasteiger partial charge in [-0.2, -0.15) is 0 Å². The van der Waals surface area contributed by atoms with E-state index in [0.717, 1.165) is 5.69 Å². The van der Waals surface area contributed by atoms with Gasteiger partial charge in [0.15, 0.2) is 0 Å². The number of rotatable bonds is 2. The number of fused-ring (bicyclic) bond motifs is 1. The van der Waals surface area contributed by atoms with Crippen molar-refractivity contribution in [3.63, 3.8) is 0 Å². The number of nitrogens with one attached hydrogen (secondary N) is 1. The molecule has 1 atom stereocenters. The van der Waals surface area contributed by atoms with Crippen LogP contribution in [0.25, 0.3) is 0 Å². The minimum absolute atomic E-state index is 0.0522. The van der Waals surface area contributed by atoms with E-state index in [-0.39, 0.29) is 30.5 Å². The van der Waals surface area contributed by atoms with Gasteiger partial charge in [0, 0.05) is 13.1 Å². The predicted octanol–water partition coefficient (Wildman–Crippen LogP) is 0.817. The molecular formula is C16H21N3O3. The quantitative estimate of drug-likeness (QED) is 0.848. The van der Waals surface area contributed by atoms with Crippen LogP contribution in [-0.2, 0) is 9.59 Å². The second kappa shape index (κ2) is 6.06. The molecule has 118 valence electrons. The fraction of sp³-hybridized carbons (Fsp3) is 0.500. The van der Waals surface area contributed by atoms with Gasteiger partial charge in [0.2, 0.25) is 11.8 Å². The van der Waals surface area contributed by atoms with Gasteiger partial charge in [-0.05, 0) is 31.9 Å². The fourth-order valence-corrected chi connectivity index (χ4v) is 3.08. The number of aliphatic hydroxyl groups excluding tert-OH is 1. The first kappa shape index (κ1) is 15.0. The standard InChI is InChI=1S/C16H21N3O3/c1-11(18-8-6-12(20)7-9-18)16(22)19-10-15(21)17-13-4-2-3-5-14(13)19/h2-5,11-12,20H,6-10H2,1H3,(H,17,21)/t11-/m1/s1. The van der Waals surface area contributed by atoms with E-state index in [9.17, 15) is 14.7 Å². The highest BCUT2D eigenvalue weighted by atomic mass is 16.3. The minimum atomic E-state index is -0.300. The normalized spacial score (nSPS) is 21.2. The molecule has 0 saturated carbocycles. The molecule has 2 heterocycles. The Morgan fingerprint density at radius 3 is 2.73 bits per heavy atom. The highest BCUT2D eigenvalue weighted by Crippen LogP contribution is 2.30. The number of para-hydroxylation sites is 2. The molecule has 1 aromatic rings. The van der Waals surface area contributed by atoms with Crippen LogP contribution in [0.2, 0.25) is 0 Å². The lowest BCUT2D eigenvalue weighted by molar-refractivity contribution is -0.126. The maximum absolute atomic E-state index is 12.8. The second-order valence-electron chi connectivity index (χ2n) is 5.93. The van der Waals surface area contributed by atoms with E-state index in [1.807, 2.05) is 25.1 Å². The molecule has 6 heteroatoms. The molecule has 2 aliphatic rings. The van der Waals surface area contributed by atoms with Crippen molar-refractivity contribution in [1.82, 2.24) is 4.90 Å². The summed E-state index contributed by atoms with van der Waals surface area (Å²) in [4.78, 5) is 28.3. The zero-order chi connectivity index (χ0) is 15.7. The van der Waals surface area contributed by atoms with E-state index in [1.54, 1.807) is 11.0 Å². The summed E-state index contributed by atoms with van der Waals surface area (Å²) in [5.74, 6) is -0.244. The van der Waals surface area contributed by atoms with Gasteiger partial charge in [-0.15, -0.1) is 0 Å². The third-order valence-electron chi connectivity index (χ3n) is 4.44. The number of benzene rings is 1. The summed E-state index contributed by atoms with van der Waals surface area (Å²) < 4.78 is 0. The second-order valence-corrected chi connectivity index (χ2v) is 5.93. The summed E-state index contributed by atoms with van der Waals surface area (Å²) in [7, 11) is 0. The Morgan fingerprint density at radius 1 is 1.32 bits per heavy atom. The van der Waals surface area contributed by atoms with E-state index < -0.39 is 0 Å². The van der Waals surface area contributed by atoms with Crippen LogP contribution in [0, 0.1) is 0 Å². The first-order valence-corrected chi connectivity index (χ1v) is 7.68. The molecule has 3 rings (SSSR count). The van der Waals surface area contributed by atoms with Gasteiger partial charge < -0.3 is 10.4 Å². The van der Waals surface area contributed by atoms with Crippen LogP contribution >= 0.6 is 0 Å². The molecule has 0 unspecified atom stereocenters. The molecule has 0 radical (unpaired) electrons. The van der Waals surface area contributed by atoms with E-state index in [1.165, 1.54) is 0 Å². The monoisotopic (exact) mass is 303 g/mol. The number of likely N-dealkylation sites (tertiary alicyclic amines) is 1. The topological polar surface area (TPSA) is 72.9 Å². The number of hydrogen-bond donors (Lipinski definition) is 2. The molecule has 0 aliphatic carbocycles. The largest absolute Gasteiger partial charge is 0.393 e. The van der Waals surface area contributed by atoms with Crippen LogP contribution in [-0.4, -0.2) is 53.6 Å². The van der Waals surface area contributed by atoms with Gasteiger partial charge in [-0.25, -0.2) is 0 Å². The van der Waals surface area contributed by atoms with E-state index in [2.05, 4.69) is 10.2 Å². The van der Waals surface area contributed by atoms with Gasteiger partial charge in [-0.3, -0.25) is 19.4 Å². The van der Waals surface area contributed by atoms with Gasteiger partial charge >= 0.3 is 0 Å². The zero-order valence-electron chi connectivity index (χ0n) is 12.7. The molecule has 2 N–H and O–H groups in total. The molecule has 2 aliphatic heterocycles. The van der Waals surface area contributed by atoms with Gasteiger partial charge in [-0.1, -0.05) is 12.1 Å². The molecule has 0 bridgehead atoms. The molecule has 1 fully saturated rings. The number of hydrogen-bond acceptors (Lipinski definition) is 4. The molecule has 1 saturated heterocycles. The Kier molecular flexibility index (Phi) is 4.13. The number of nitrogens with zero attached hydrogens (tertiary/aromatic N) is 2. The summed E-state index contributed by atoms with van der Waals surface area (Å²) in [6, 6.07) is 7.04. The summed E-state index contributed by atoms with van der Waals surface area (Å²) in [5.41, 5.74) is 1.42. The maximum Gasteiger partial charge on any atom is 0.244 e. The van der Waals surface area contributed by atoms with Crippen molar-refractivity contribution in [2.24, 2.45) is 0 Å². The lowest BCUT2D eigenvalue weighted by Gasteiger charge is -2.37. The van der Waals surface area contributed by atoms with Crippen molar-refractivity contribution in [3.8, 4) is 0 Å². The van der Waals surface area contributed by atoms with Crippen molar-refractivity contribution in [1.29, 1.82) is 0 Å². The zero-order valence-corrected chi connectivity index (χ0v) is 12.7. The summed E-state index contributed by atoms with van der Waals surface area (Å²) in [5, 5.41) is 12.4. The first-order chi connectivity index (χ1) is 10.6. The van der Waals surface area contributed by atoms with Crippen LogP contribution in [0.3, 0.4) is 0 Å². The molecule has 0 spiro atoms. The highest BCUT2D eigenvalue weighted by Gasteiger charge is 2.33. The molecule has 6 nitrogen and oxygen atoms in total. The molecular weight excluding hydrogens is 282 g/mol. The summed E-state index contributed by atoms with van der Waals surface area (Å²) in [6.07, 6.45) is 1.11. The summed E-state index contributed by atoms with van der Waals surface area (Å²) in [6.45, 7) is 3.33. The van der Waals surface area contributed by atoms with E-state index >= 15 is 0 Å². The van der Waals surface area contributed by atoms with Gasteiger partial charge in [0.05, 0.1) is 23.5 Å². The number of amides is 2. The van der Waals surface area contributed by atoms with Gasteiger partial charge in [0.25, 0.3) is 0 Å². The van der Waals surface area contributed by atoms with E-state index in [4.69, 9.17) is 0 Å². The van der Waals surface area contributed by atoms with Crippen molar-refractivity contribution in [2.75, 3.05) is 29.9 Å². The minimum Gasteiger partial charge on any atom is -0.393 e. The molecule has 22 heavy (non-hydrogen) atoms. The number of carbonyl (C=O) groups excluding carboxylic acids is 2. The van der Waals surface area contributed by atoms with Crippen LogP contribution < -0.4 is 10.2 Å². The Bertz CT molecular complexity index is 582. The Hall–Kier alpha value is -1.92. The average molecular weight is 303 g/mol. The van der Waals surface area contributed by atoms with Crippen LogP contribution in [0.4, 0.5) is 11.4 Å². The third kappa shape index (κ3) is 2.84. The lowest BCUT2D eigenvalue weighted by Crippen LogP contribution is -2.53. The molecule has 0 aromatic heterocycles. The Morgan fingerprint density at radius 2 is 2.00 bits per heavy atom. The SMILES string of the molecule is C[C@H](C(=O)N1CC(=O)Nc2ccccc21)N1CCC(O)CC1. The average Bonchev–Trinajstić information content (AvgIpc) is 2.53. The fourth-order valence-electron chi connectivity index (χ4n) is 3.08. The van der Waals surface area contributed by atoms with Crippen LogP contribution in [0.15, 0.2) is 24.3 Å². The van der Waals surface area contributed by atoms with Crippen molar-refractivity contribution in [2.45, 2.75) is 31.9 Å². The number of carbonyl (C=O) groups is 2. The van der Waals surface area contributed by atoms with Crippen LogP contribution in [0.5, 0.6) is 0 Å². The molecule has 1 aromatic carbocycles. The third-order valence-corrected chi connectivity index (χ3v) is 4.44. The Balaban J connectivity index is 1.78. The van der Waals surface area contributed by atoms with Gasteiger partial charge in [0.1, 0.15) is 6.54 Å². The van der Waals surface area contributed by atoms with Crippen molar-refractivity contribution >= 4 is 23.2 Å². The lowest BCUT2D eigenvalue weighted by atomic mass is 10.1. The van der Waals surface area contributed by atoms with Crippen molar-refractivity contribution < 1.29 is 14.7 Å². The van der Waals surface area contributed by atoms with E-state index in [0.29, 0.717) is 31.6 Å². The molecule has 2 amide bonds. The predicted molar refractivity (Wildman–Crippen MR) is 83.7 cm³/mol. The number of piperidine rings is 1. The Labute approximate surface area is 129 Å². The highest BCUT2D eigenvalue weighted by molar-refractivity contribution is 6.11. The first-order valence-electron chi connectivity index (χ1n) is 7.68. The maximum atomic E-state index is 12.8.